The first-order valence-corrected chi connectivity index (χ1v) is 25.6. The number of pyridine rings is 2. The van der Waals surface area contributed by atoms with Crippen molar-refractivity contribution >= 4 is 50.8 Å². The van der Waals surface area contributed by atoms with Crippen molar-refractivity contribution in [3.8, 4) is 39.5 Å². The Hall–Kier alpha value is -5.14. The first-order valence-electron chi connectivity index (χ1n) is 21.3. The van der Waals surface area contributed by atoms with Crippen LogP contribution in [0, 0.1) is 46.6 Å². The molecule has 56 heavy (non-hydrogen) atoms. The molecule has 0 atom stereocenters. The van der Waals surface area contributed by atoms with Crippen LogP contribution in [0.15, 0.2) is 126 Å². The van der Waals surface area contributed by atoms with E-state index in [0.717, 1.165) is 44.5 Å². The fourth-order valence-electron chi connectivity index (χ4n) is 7.35. The van der Waals surface area contributed by atoms with Gasteiger partial charge in [0.15, 0.2) is 0 Å². The van der Waals surface area contributed by atoms with Crippen molar-refractivity contribution in [3.05, 3.63) is 162 Å². The van der Waals surface area contributed by atoms with E-state index in [-0.39, 0.29) is 31.2 Å². The predicted octanol–water partition coefficient (Wildman–Crippen LogP) is 12.1. The second-order valence-electron chi connectivity index (χ2n) is 15.0. The minimum atomic E-state index is -2.49. The molecule has 4 aromatic heterocycles. The number of furan rings is 1. The maximum Gasteiger partial charge on any atom is 0 e. The molecule has 4 heterocycles. The minimum absolute atomic E-state index is 0. The van der Waals surface area contributed by atoms with Gasteiger partial charge in [-0.3, -0.25) is 4.98 Å². The van der Waals surface area contributed by atoms with Gasteiger partial charge in [0, 0.05) is 45.6 Å². The Bertz CT molecular complexity index is 3020. The van der Waals surface area contributed by atoms with Gasteiger partial charge in [0.1, 0.15) is 0 Å². The number of benzene rings is 5. The molecule has 0 bridgehead atoms. The van der Waals surface area contributed by atoms with Gasteiger partial charge in [0.2, 0.25) is 5.71 Å². The van der Waals surface area contributed by atoms with Crippen LogP contribution in [0.2, 0.25) is 17.3 Å². The van der Waals surface area contributed by atoms with Gasteiger partial charge in [-0.25, -0.2) is 4.98 Å². The molecule has 0 fully saturated rings. The summed E-state index contributed by atoms with van der Waals surface area (Å²) >= 11 is -1.72. The van der Waals surface area contributed by atoms with Crippen molar-refractivity contribution in [1.82, 2.24) is 19.5 Å². The number of imidazole rings is 1. The molecule has 9 aromatic rings. The smallest absolute Gasteiger partial charge is 0 e. The molecule has 0 N–H and O–H groups in total. The van der Waals surface area contributed by atoms with Crippen LogP contribution in [0.1, 0.15) is 36.0 Å². The van der Waals surface area contributed by atoms with Crippen molar-refractivity contribution in [3.63, 3.8) is 0 Å². The Balaban J connectivity index is 0.000000286. The van der Waals surface area contributed by atoms with Gasteiger partial charge in [-0.05, 0) is 74.9 Å². The third kappa shape index (κ3) is 7.54. The van der Waals surface area contributed by atoms with Gasteiger partial charge in [-0.1, -0.05) is 70.1 Å². The molecule has 9 rings (SSSR count). The average Bonchev–Trinajstić information content (AvgIpc) is 3.79. The third-order valence-corrected chi connectivity index (χ3v) is 14.1. The van der Waals surface area contributed by atoms with Crippen molar-refractivity contribution in [2.24, 2.45) is 0 Å². The topological polar surface area (TPSA) is 56.7 Å². The Kier molecular flexibility index (Phi) is 9.02. The molecular weight excluding hydrogens is 925 g/mol. The molecule has 0 amide bonds. The zero-order chi connectivity index (χ0) is 43.4. The van der Waals surface area contributed by atoms with Gasteiger partial charge in [0.05, 0.1) is 22.4 Å². The van der Waals surface area contributed by atoms with E-state index in [4.69, 9.17) is 17.6 Å². The molecule has 0 saturated carbocycles. The Morgan fingerprint density at radius 3 is 2.18 bits per heavy atom. The average molecular weight is 976 g/mol. The van der Waals surface area contributed by atoms with E-state index >= 15 is 0 Å². The molecule has 0 unspecified atom stereocenters. The summed E-state index contributed by atoms with van der Waals surface area (Å²) in [5.74, 6) is 7.80. The Labute approximate surface area is 354 Å². The SMILES string of the molecule is [2H]C([2H])([2H])c1cc(-c2ccnc3oc4c(-c5nc6ccccc6n5-c5c(C)cc(C)cc5C)[c-]ccc4c23)cc(C([2H])([2H])[2H])c1.[CH3][Ge]([CH3])([CH3])[c]1ccc(-c2[c-]cccc2)nc1.[Ir]. The standard InChI is InChI=1S/C35H28N3O.C14H16GeN.Ir/c1-20-15-21(2)19-25(18-20)26-13-14-36-35-31(26)27-9-8-10-28(33(27)39-35)34-37-29-11-6-7-12-30(29)38(34)32-23(4)16-22(3)17-24(32)5;1-15(2,3)13-9-10-14(16-11-13)12-7-5-4-6-8-12;/h6-9,11-19H,1-5H3;4-7,9-11H,1-3H3;/q2*-1;/i1D3,2D3;;. The number of nitrogens with zero attached hydrogens (tertiary/aromatic N) is 4. The van der Waals surface area contributed by atoms with Crippen LogP contribution in [0.25, 0.3) is 72.6 Å². The molecule has 0 aliphatic rings. The second-order valence-corrected chi connectivity index (χ2v) is 25.7. The van der Waals surface area contributed by atoms with E-state index in [2.05, 4.69) is 89.0 Å². The van der Waals surface area contributed by atoms with Crippen molar-refractivity contribution in [1.29, 1.82) is 0 Å². The molecule has 281 valence electrons. The molecule has 1 radical (unpaired) electrons. The van der Waals surface area contributed by atoms with Crippen LogP contribution in [-0.4, -0.2) is 32.8 Å². The summed E-state index contributed by atoms with van der Waals surface area (Å²) in [6.45, 7) is 1.29. The van der Waals surface area contributed by atoms with Gasteiger partial charge in [-0.2, -0.15) is 0 Å². The van der Waals surface area contributed by atoms with E-state index in [1.165, 1.54) is 28.2 Å². The number of rotatable bonds is 5. The largest absolute Gasteiger partial charge is 0 e. The van der Waals surface area contributed by atoms with Gasteiger partial charge < -0.3 is 8.98 Å². The molecule has 0 spiro atoms. The van der Waals surface area contributed by atoms with Crippen LogP contribution < -0.4 is 4.40 Å². The van der Waals surface area contributed by atoms with Crippen LogP contribution in [0.5, 0.6) is 0 Å². The quantitative estimate of drug-likeness (QED) is 0.127. The molecule has 0 aliphatic heterocycles. The fraction of sp³-hybridized carbons (Fsp3) is 0.163. The van der Waals surface area contributed by atoms with Crippen LogP contribution in [-0.2, 0) is 20.1 Å². The van der Waals surface area contributed by atoms with Crippen molar-refractivity contribution < 1.29 is 32.7 Å². The Morgan fingerprint density at radius 2 is 1.50 bits per heavy atom. The number of para-hydroxylation sites is 2. The molecule has 5 aromatic carbocycles. The van der Waals surface area contributed by atoms with Crippen LogP contribution in [0.4, 0.5) is 0 Å². The maximum absolute atomic E-state index is 8.00. The summed E-state index contributed by atoms with van der Waals surface area (Å²) in [5.41, 5.74) is 10.8. The van der Waals surface area contributed by atoms with Crippen LogP contribution in [0.3, 0.4) is 0 Å². The van der Waals surface area contributed by atoms with E-state index < -0.39 is 27.0 Å². The number of hydrogen-bond donors (Lipinski definition) is 0. The number of hydrogen-bond acceptors (Lipinski definition) is 4. The summed E-state index contributed by atoms with van der Waals surface area (Å²) in [4.78, 5) is 14.1. The Morgan fingerprint density at radius 1 is 0.750 bits per heavy atom. The zero-order valence-electron chi connectivity index (χ0n) is 38.1. The monoisotopic (exact) mass is 977 g/mol. The summed E-state index contributed by atoms with van der Waals surface area (Å²) in [5, 5.41) is 1.37. The van der Waals surface area contributed by atoms with E-state index in [0.29, 0.717) is 39.2 Å². The third-order valence-electron chi connectivity index (χ3n) is 9.84. The molecule has 0 saturated heterocycles. The summed E-state index contributed by atoms with van der Waals surface area (Å²) < 4.78 is 58.1. The van der Waals surface area contributed by atoms with Crippen LogP contribution >= 0.6 is 0 Å². The normalized spacial score (nSPS) is 13.5. The van der Waals surface area contributed by atoms with Gasteiger partial charge in [-0.15, -0.1) is 18.2 Å². The van der Waals surface area contributed by atoms with Crippen molar-refractivity contribution in [2.45, 2.75) is 51.7 Å². The summed E-state index contributed by atoms with van der Waals surface area (Å²) in [7, 11) is 0. The van der Waals surface area contributed by atoms with E-state index in [1.807, 2.05) is 66.9 Å². The number of aryl methyl sites for hydroxylation is 5. The number of fused-ring (bicyclic) bond motifs is 4. The molecule has 5 nitrogen and oxygen atoms in total. The van der Waals surface area contributed by atoms with Crippen molar-refractivity contribution in [2.75, 3.05) is 0 Å². The van der Waals surface area contributed by atoms with E-state index in [9.17, 15) is 0 Å². The molecule has 0 aliphatic carbocycles. The van der Waals surface area contributed by atoms with E-state index in [1.54, 1.807) is 12.3 Å². The van der Waals surface area contributed by atoms with Gasteiger partial charge >= 0.3 is 99.8 Å². The predicted molar refractivity (Wildman–Crippen MR) is 231 cm³/mol. The maximum atomic E-state index is 8.00. The summed E-state index contributed by atoms with van der Waals surface area (Å²) in [6.07, 6.45) is 3.62. The minimum Gasteiger partial charge on any atom is 0 e. The molecular formula is C49H44GeIrN4O-2. The fourth-order valence-corrected chi connectivity index (χ4v) is 9.52. The first kappa shape index (κ1) is 32.0. The van der Waals surface area contributed by atoms with Gasteiger partial charge in [0.25, 0.3) is 0 Å². The molecule has 7 heteroatoms. The zero-order valence-corrected chi connectivity index (χ0v) is 36.6. The number of aromatic nitrogens is 4. The first-order chi connectivity index (χ1) is 28.9. The second kappa shape index (κ2) is 15.8. The summed E-state index contributed by atoms with van der Waals surface area (Å²) in [6, 6.07) is 40.9.